The van der Waals surface area contributed by atoms with Crippen molar-refractivity contribution in [2.24, 2.45) is 0 Å². The predicted octanol–water partition coefficient (Wildman–Crippen LogP) is -4.73. The van der Waals surface area contributed by atoms with Gasteiger partial charge in [0.15, 0.2) is 0 Å². The van der Waals surface area contributed by atoms with Crippen molar-refractivity contribution in [1.29, 1.82) is 0 Å². The Kier molecular flexibility index (Phi) is 4.82. The van der Waals surface area contributed by atoms with Crippen molar-refractivity contribution < 1.29 is 39.5 Å². The van der Waals surface area contributed by atoms with Crippen molar-refractivity contribution in [3.63, 3.8) is 0 Å². The van der Waals surface area contributed by atoms with Gasteiger partial charge in [0.1, 0.15) is 5.78 Å². The van der Waals surface area contributed by atoms with Gasteiger partial charge in [-0.1, -0.05) is 0 Å². The molecule has 1 aromatic rings. The number of Topliss-reactive ketones (excluding diaryl/α,β-unsaturated/α-hetero) is 1. The Morgan fingerprint density at radius 3 is 2.36 bits per heavy atom. The first-order chi connectivity index (χ1) is 6.00. The van der Waals surface area contributed by atoms with Gasteiger partial charge in [0, 0.05) is 12.0 Å². The summed E-state index contributed by atoms with van der Waals surface area (Å²) in [5, 5.41) is 11.0. The molecule has 0 fully saturated rings. The molecular formula is C7H7N2NaO4. The molecule has 0 atom stereocenters. The first-order valence-corrected chi connectivity index (χ1v) is 3.52. The number of rotatable bonds is 2. The number of aromatic amines is 2. The third-order valence-corrected chi connectivity index (χ3v) is 1.43. The van der Waals surface area contributed by atoms with E-state index in [1.54, 1.807) is 0 Å². The number of hydrogen-bond donors (Lipinski definition) is 2. The summed E-state index contributed by atoms with van der Waals surface area (Å²) in [6.45, 7) is 1.25. The average molecular weight is 206 g/mol. The summed E-state index contributed by atoms with van der Waals surface area (Å²) in [5.74, 6) is -1.11. The van der Waals surface area contributed by atoms with Gasteiger partial charge in [-0.3, -0.25) is 14.6 Å². The summed E-state index contributed by atoms with van der Waals surface area (Å²) >= 11 is 0. The normalized spacial score (nSPS) is 9.21. The summed E-state index contributed by atoms with van der Waals surface area (Å²) in [6, 6.07) is 0. The van der Waals surface area contributed by atoms with Crippen LogP contribution in [0.15, 0.2) is 9.59 Å². The van der Waals surface area contributed by atoms with Gasteiger partial charge in [-0.05, 0) is 12.8 Å². The van der Waals surface area contributed by atoms with Gasteiger partial charge in [-0.15, -0.1) is 0 Å². The van der Waals surface area contributed by atoms with Crippen molar-refractivity contribution in [2.45, 2.75) is 13.3 Å². The number of ketones is 1. The Morgan fingerprint density at radius 2 is 1.93 bits per heavy atom. The van der Waals surface area contributed by atoms with Crippen molar-refractivity contribution in [1.82, 2.24) is 9.97 Å². The van der Waals surface area contributed by atoms with Crippen LogP contribution in [0.3, 0.4) is 0 Å². The summed E-state index contributed by atoms with van der Waals surface area (Å²) < 4.78 is 0. The van der Waals surface area contributed by atoms with E-state index in [4.69, 9.17) is 0 Å². The van der Waals surface area contributed by atoms with Crippen LogP contribution in [0.25, 0.3) is 0 Å². The summed E-state index contributed by atoms with van der Waals surface area (Å²) in [7, 11) is 0. The first kappa shape index (κ1) is 13.2. The Balaban J connectivity index is 0.00000169. The quantitative estimate of drug-likeness (QED) is 0.474. The molecule has 1 rings (SSSR count). The van der Waals surface area contributed by atoms with Crippen molar-refractivity contribution >= 4 is 5.78 Å². The second-order valence-corrected chi connectivity index (χ2v) is 2.59. The third-order valence-electron chi connectivity index (χ3n) is 1.43. The summed E-state index contributed by atoms with van der Waals surface area (Å²) in [4.78, 5) is 35.9. The monoisotopic (exact) mass is 206 g/mol. The maximum absolute atomic E-state index is 11.0. The zero-order valence-electron chi connectivity index (χ0n) is 7.84. The van der Waals surface area contributed by atoms with Crippen molar-refractivity contribution in [3.05, 3.63) is 26.4 Å². The van der Waals surface area contributed by atoms with E-state index in [0.29, 0.717) is 0 Å². The molecule has 70 valence electrons. The molecule has 14 heavy (non-hydrogen) atoms. The second kappa shape index (κ2) is 5.14. The number of H-pyrrole nitrogens is 2. The number of carbonyl (C=O) groups is 1. The first-order valence-electron chi connectivity index (χ1n) is 3.52. The fourth-order valence-electron chi connectivity index (χ4n) is 0.901. The molecule has 2 N–H and O–H groups in total. The number of carbonyl (C=O) groups excluding carboxylic acids is 1. The van der Waals surface area contributed by atoms with Gasteiger partial charge in [0.05, 0.1) is 0 Å². The van der Waals surface area contributed by atoms with Crippen LogP contribution in [-0.4, -0.2) is 15.8 Å². The average Bonchev–Trinajstić information content (AvgIpc) is 1.96. The van der Waals surface area contributed by atoms with E-state index in [2.05, 4.69) is 0 Å². The van der Waals surface area contributed by atoms with Crippen LogP contribution >= 0.6 is 0 Å². The molecule has 0 aromatic carbocycles. The fourth-order valence-corrected chi connectivity index (χ4v) is 0.901. The van der Waals surface area contributed by atoms with Crippen molar-refractivity contribution in [2.75, 3.05) is 0 Å². The maximum atomic E-state index is 11.0. The van der Waals surface area contributed by atoms with Crippen LogP contribution in [-0.2, 0) is 11.2 Å². The Bertz CT molecular complexity index is 448. The Labute approximate surface area is 101 Å². The standard InChI is InChI=1S/C7H8N2O4.Na/c1-3(10)2-4-5(11)8-7(13)9-6(4)12;/h2H2,1H3,(H3,8,9,11,12,13);/q;+1/p-1. The molecular weight excluding hydrogens is 199 g/mol. The van der Waals surface area contributed by atoms with Crippen LogP contribution in [0.5, 0.6) is 5.88 Å². The summed E-state index contributed by atoms with van der Waals surface area (Å²) in [5.41, 5.74) is -1.89. The minimum absolute atomic E-state index is 0. The van der Waals surface area contributed by atoms with Crippen LogP contribution in [0, 0.1) is 0 Å². The predicted molar refractivity (Wildman–Crippen MR) is 41.5 cm³/mol. The van der Waals surface area contributed by atoms with E-state index in [1.807, 2.05) is 9.97 Å². The molecule has 0 unspecified atom stereocenters. The van der Waals surface area contributed by atoms with E-state index in [1.165, 1.54) is 6.92 Å². The number of nitrogens with one attached hydrogen (secondary N) is 2. The van der Waals surface area contributed by atoms with E-state index < -0.39 is 17.1 Å². The molecule has 6 nitrogen and oxygen atoms in total. The molecule has 0 saturated carbocycles. The molecule has 1 aromatic heterocycles. The summed E-state index contributed by atoms with van der Waals surface area (Å²) in [6.07, 6.45) is -0.259. The van der Waals surface area contributed by atoms with E-state index in [0.717, 1.165) is 0 Å². The van der Waals surface area contributed by atoms with Crippen LogP contribution in [0.1, 0.15) is 12.5 Å². The molecule has 0 aliphatic heterocycles. The van der Waals surface area contributed by atoms with Crippen LogP contribution in [0.2, 0.25) is 0 Å². The minimum Gasteiger partial charge on any atom is -0.860 e. The molecule has 0 amide bonds. The molecule has 0 saturated heterocycles. The SMILES string of the molecule is CC(=O)Cc1c([O-])[nH]c(=O)[nH]c1=O.[Na+]. The van der Waals surface area contributed by atoms with Gasteiger partial charge in [0.25, 0.3) is 5.56 Å². The third kappa shape index (κ3) is 3.13. The topological polar surface area (TPSA) is 106 Å². The smallest absolute Gasteiger partial charge is 0.860 e. The Hall–Kier alpha value is -0.850. The van der Waals surface area contributed by atoms with Crippen LogP contribution in [0.4, 0.5) is 0 Å². The zero-order valence-corrected chi connectivity index (χ0v) is 9.84. The molecule has 0 radical (unpaired) electrons. The molecule has 0 aliphatic rings. The van der Waals surface area contributed by atoms with E-state index in [-0.39, 0.29) is 47.3 Å². The van der Waals surface area contributed by atoms with Gasteiger partial charge in [-0.25, -0.2) is 4.79 Å². The molecule has 1 heterocycles. The largest absolute Gasteiger partial charge is 1.00 e. The number of aromatic nitrogens is 2. The van der Waals surface area contributed by atoms with Crippen molar-refractivity contribution in [3.8, 4) is 5.88 Å². The molecule has 0 aliphatic carbocycles. The van der Waals surface area contributed by atoms with Gasteiger partial charge in [-0.2, -0.15) is 0 Å². The second-order valence-electron chi connectivity index (χ2n) is 2.59. The molecule has 0 spiro atoms. The van der Waals surface area contributed by atoms with Crippen LogP contribution < -0.4 is 45.9 Å². The van der Waals surface area contributed by atoms with E-state index in [9.17, 15) is 19.5 Å². The molecule has 7 heteroatoms. The number of hydrogen-bond acceptors (Lipinski definition) is 4. The zero-order chi connectivity index (χ0) is 10.0. The minimum atomic E-state index is -0.859. The van der Waals surface area contributed by atoms with E-state index >= 15 is 0 Å². The maximum Gasteiger partial charge on any atom is 1.00 e. The van der Waals surface area contributed by atoms with Gasteiger partial charge in [0.2, 0.25) is 0 Å². The van der Waals surface area contributed by atoms with Gasteiger partial charge < -0.3 is 10.1 Å². The van der Waals surface area contributed by atoms with Gasteiger partial charge >= 0.3 is 35.2 Å². The Morgan fingerprint density at radius 1 is 1.36 bits per heavy atom. The molecule has 0 bridgehead atoms. The fraction of sp³-hybridized carbons (Fsp3) is 0.286.